The van der Waals surface area contributed by atoms with Crippen molar-refractivity contribution in [3.63, 3.8) is 0 Å². The second-order valence-electron chi connectivity index (χ2n) is 3.17. The van der Waals surface area contributed by atoms with Gasteiger partial charge in [0.05, 0.1) is 11.3 Å². The number of thiocarbonyl (C=S) groups is 1. The first kappa shape index (κ1) is 10.3. The fourth-order valence-corrected chi connectivity index (χ4v) is 1.63. The van der Waals surface area contributed by atoms with Crippen LogP contribution in [-0.2, 0) is 6.18 Å². The van der Waals surface area contributed by atoms with Crippen LogP contribution in [0.2, 0.25) is 0 Å². The van der Waals surface area contributed by atoms with Gasteiger partial charge < -0.3 is 0 Å². The largest absolute Gasteiger partial charge is 0.416 e. The lowest BCUT2D eigenvalue weighted by molar-refractivity contribution is -0.137. The van der Waals surface area contributed by atoms with Crippen molar-refractivity contribution >= 4 is 29.0 Å². The van der Waals surface area contributed by atoms with Crippen LogP contribution in [0.3, 0.4) is 0 Å². The smallest absolute Gasteiger partial charge is 0.260 e. The van der Waals surface area contributed by atoms with Gasteiger partial charge >= 0.3 is 6.18 Å². The topological polar surface area (TPSA) is 12.4 Å². The third-order valence-corrected chi connectivity index (χ3v) is 2.52. The van der Waals surface area contributed by atoms with E-state index in [-0.39, 0.29) is 0 Å². The normalized spacial score (nSPS) is 15.3. The molecule has 0 bridgehead atoms. The van der Waals surface area contributed by atoms with E-state index in [1.165, 1.54) is 12.3 Å². The Morgan fingerprint density at radius 3 is 2.67 bits per heavy atom. The monoisotopic (exact) mass is 229 g/mol. The molecule has 0 unspecified atom stereocenters. The minimum Gasteiger partial charge on any atom is -0.260 e. The predicted molar refractivity (Wildman–Crippen MR) is 55.9 cm³/mol. The predicted octanol–water partition coefficient (Wildman–Crippen LogP) is 3.53. The summed E-state index contributed by atoms with van der Waals surface area (Å²) < 4.78 is 37.1. The molecule has 1 aliphatic rings. The summed E-state index contributed by atoms with van der Waals surface area (Å²) in [5.74, 6) is 0. The van der Waals surface area contributed by atoms with Gasteiger partial charge in [-0.1, -0.05) is 18.3 Å². The molecule has 0 saturated heterocycles. The highest BCUT2D eigenvalue weighted by Crippen LogP contribution is 2.34. The Labute approximate surface area is 89.6 Å². The van der Waals surface area contributed by atoms with Crippen molar-refractivity contribution in [3.8, 4) is 0 Å². The number of nitrogens with zero attached hydrogens (tertiary/aromatic N) is 1. The number of fused-ring (bicyclic) bond motifs is 1. The molecule has 1 heterocycles. The van der Waals surface area contributed by atoms with Gasteiger partial charge in [-0.05, 0) is 12.1 Å². The van der Waals surface area contributed by atoms with E-state index in [9.17, 15) is 13.2 Å². The molecule has 15 heavy (non-hydrogen) atoms. The van der Waals surface area contributed by atoms with E-state index >= 15 is 0 Å². The molecule has 1 aliphatic heterocycles. The second-order valence-corrected chi connectivity index (χ2v) is 3.66. The lowest BCUT2D eigenvalue weighted by Gasteiger charge is -2.13. The maximum Gasteiger partial charge on any atom is 0.416 e. The molecule has 0 aromatic heterocycles. The summed E-state index contributed by atoms with van der Waals surface area (Å²) in [4.78, 5) is 4.54. The van der Waals surface area contributed by atoms with Gasteiger partial charge in [-0.3, -0.25) is 4.99 Å². The number of benzene rings is 1. The number of hydrogen-bond donors (Lipinski definition) is 0. The first-order chi connectivity index (χ1) is 6.98. The van der Waals surface area contributed by atoms with Crippen LogP contribution in [0.5, 0.6) is 0 Å². The van der Waals surface area contributed by atoms with Crippen LogP contribution in [0.4, 0.5) is 18.9 Å². The highest BCUT2D eigenvalue weighted by Gasteiger charge is 2.31. The Kier molecular flexibility index (Phi) is 2.34. The SMILES string of the molecule is FC(F)(F)c1ccc2c(c1)N=CCC2=S. The lowest BCUT2D eigenvalue weighted by atomic mass is 10.0. The van der Waals surface area contributed by atoms with Crippen LogP contribution >= 0.6 is 12.2 Å². The van der Waals surface area contributed by atoms with Crippen LogP contribution in [0.1, 0.15) is 17.5 Å². The molecular formula is C10H6F3NS. The minimum absolute atomic E-state index is 0.307. The van der Waals surface area contributed by atoms with Crippen LogP contribution in [0.25, 0.3) is 0 Å². The molecule has 0 fully saturated rings. The van der Waals surface area contributed by atoms with Crippen molar-refractivity contribution in [3.05, 3.63) is 29.3 Å². The van der Waals surface area contributed by atoms with Crippen molar-refractivity contribution in [1.82, 2.24) is 0 Å². The van der Waals surface area contributed by atoms with Crippen molar-refractivity contribution in [2.45, 2.75) is 12.6 Å². The standard InChI is InChI=1S/C10H6F3NS/c11-10(12,13)6-1-2-7-8(5-6)14-4-3-9(7)15/h1-2,4-5H,3H2. The number of hydrogen-bond acceptors (Lipinski definition) is 2. The molecule has 78 valence electrons. The second kappa shape index (κ2) is 3.41. The van der Waals surface area contributed by atoms with E-state index in [4.69, 9.17) is 12.2 Å². The Morgan fingerprint density at radius 2 is 2.00 bits per heavy atom. The third-order valence-electron chi connectivity index (χ3n) is 2.13. The van der Waals surface area contributed by atoms with Gasteiger partial charge in [0.1, 0.15) is 0 Å². The van der Waals surface area contributed by atoms with Crippen LogP contribution in [-0.4, -0.2) is 11.1 Å². The van der Waals surface area contributed by atoms with Gasteiger partial charge in [-0.25, -0.2) is 0 Å². The quantitative estimate of drug-likeness (QED) is 0.620. The fourth-order valence-electron chi connectivity index (χ4n) is 1.39. The molecule has 0 aliphatic carbocycles. The van der Waals surface area contributed by atoms with Crippen LogP contribution in [0, 0.1) is 0 Å². The van der Waals surface area contributed by atoms with E-state index in [1.807, 2.05) is 0 Å². The molecule has 0 N–H and O–H groups in total. The molecule has 0 amide bonds. The summed E-state index contributed by atoms with van der Waals surface area (Å²) in [7, 11) is 0. The van der Waals surface area contributed by atoms with Gasteiger partial charge in [0.25, 0.3) is 0 Å². The Balaban J connectivity index is 2.53. The van der Waals surface area contributed by atoms with E-state index in [0.29, 0.717) is 22.5 Å². The summed E-state index contributed by atoms with van der Waals surface area (Å²) >= 11 is 5.02. The van der Waals surface area contributed by atoms with Gasteiger partial charge in [0.2, 0.25) is 0 Å². The minimum atomic E-state index is -4.33. The highest BCUT2D eigenvalue weighted by atomic mass is 32.1. The Morgan fingerprint density at radius 1 is 1.27 bits per heavy atom. The van der Waals surface area contributed by atoms with Gasteiger partial charge in [0, 0.05) is 23.1 Å². The maximum absolute atomic E-state index is 12.4. The zero-order valence-electron chi connectivity index (χ0n) is 7.51. The number of rotatable bonds is 0. The summed E-state index contributed by atoms with van der Waals surface area (Å²) in [6, 6.07) is 3.44. The summed E-state index contributed by atoms with van der Waals surface area (Å²) in [5, 5.41) is 0. The molecule has 0 atom stereocenters. The molecule has 0 radical (unpaired) electrons. The summed E-state index contributed by atoms with van der Waals surface area (Å²) in [5.41, 5.74) is 0.240. The third kappa shape index (κ3) is 1.92. The molecule has 1 aromatic carbocycles. The lowest BCUT2D eigenvalue weighted by Crippen LogP contribution is -2.08. The summed E-state index contributed by atoms with van der Waals surface area (Å²) in [6.07, 6.45) is -2.28. The molecule has 0 saturated carbocycles. The van der Waals surface area contributed by atoms with Crippen molar-refractivity contribution in [2.75, 3.05) is 0 Å². The average molecular weight is 229 g/mol. The number of halogens is 3. The van der Waals surface area contributed by atoms with Gasteiger partial charge in [-0.15, -0.1) is 0 Å². The highest BCUT2D eigenvalue weighted by molar-refractivity contribution is 7.81. The molecule has 1 nitrogen and oxygen atoms in total. The number of alkyl halides is 3. The Hall–Kier alpha value is -1.23. The maximum atomic E-state index is 12.4. The number of aliphatic imine (C=N–C) groups is 1. The van der Waals surface area contributed by atoms with Crippen molar-refractivity contribution in [2.24, 2.45) is 4.99 Å². The molecule has 1 aromatic rings. The van der Waals surface area contributed by atoms with E-state index < -0.39 is 11.7 Å². The summed E-state index contributed by atoms with van der Waals surface area (Å²) in [6.45, 7) is 0. The Bertz CT molecular complexity index is 448. The molecular weight excluding hydrogens is 223 g/mol. The zero-order chi connectivity index (χ0) is 11.1. The zero-order valence-corrected chi connectivity index (χ0v) is 8.32. The van der Waals surface area contributed by atoms with Crippen LogP contribution in [0.15, 0.2) is 23.2 Å². The van der Waals surface area contributed by atoms with Gasteiger partial charge in [-0.2, -0.15) is 13.2 Å². The molecule has 5 heteroatoms. The van der Waals surface area contributed by atoms with E-state index in [0.717, 1.165) is 12.1 Å². The van der Waals surface area contributed by atoms with Crippen molar-refractivity contribution in [1.29, 1.82) is 0 Å². The first-order valence-corrected chi connectivity index (χ1v) is 4.66. The molecule has 2 rings (SSSR count). The van der Waals surface area contributed by atoms with E-state index in [2.05, 4.69) is 4.99 Å². The fraction of sp³-hybridized carbons (Fsp3) is 0.200. The van der Waals surface area contributed by atoms with Crippen molar-refractivity contribution < 1.29 is 13.2 Å². The first-order valence-electron chi connectivity index (χ1n) is 4.25. The van der Waals surface area contributed by atoms with Crippen LogP contribution < -0.4 is 0 Å². The molecule has 0 spiro atoms. The average Bonchev–Trinajstić information content (AvgIpc) is 2.16. The van der Waals surface area contributed by atoms with Gasteiger partial charge in [0.15, 0.2) is 0 Å². The van der Waals surface area contributed by atoms with E-state index in [1.54, 1.807) is 0 Å².